The summed E-state index contributed by atoms with van der Waals surface area (Å²) in [5, 5.41) is 12.0. The zero-order valence-corrected chi connectivity index (χ0v) is 15.2. The van der Waals surface area contributed by atoms with Crippen LogP contribution in [-0.4, -0.2) is 4.98 Å². The van der Waals surface area contributed by atoms with E-state index in [0.29, 0.717) is 23.2 Å². The third-order valence-electron chi connectivity index (χ3n) is 6.49. The molecule has 0 aromatic carbocycles. The van der Waals surface area contributed by atoms with Crippen LogP contribution in [0.3, 0.4) is 0 Å². The molecule has 22 heavy (non-hydrogen) atoms. The van der Waals surface area contributed by atoms with Crippen LogP contribution in [0.15, 0.2) is 5.38 Å². The quantitative estimate of drug-likeness (QED) is 0.716. The number of aromatic nitrogens is 1. The standard InChI is InChI=1S/C19H28N2S/c1-18(2)8-9-19(3,4)15-11-13(5-6-14(15)18)16-12-22-17(21-16)7-10-20/h12-15H,5-9,11H2,1-4H3. The summed E-state index contributed by atoms with van der Waals surface area (Å²) in [6.45, 7) is 9.91. The molecule has 3 atom stereocenters. The zero-order valence-electron chi connectivity index (χ0n) is 14.4. The van der Waals surface area contributed by atoms with Crippen LogP contribution in [0.25, 0.3) is 0 Å². The Labute approximate surface area is 139 Å². The highest BCUT2D eigenvalue weighted by atomic mass is 32.1. The summed E-state index contributed by atoms with van der Waals surface area (Å²) in [6, 6.07) is 2.22. The van der Waals surface area contributed by atoms with Crippen LogP contribution >= 0.6 is 11.3 Å². The van der Waals surface area contributed by atoms with E-state index in [9.17, 15) is 0 Å². The first kappa shape index (κ1) is 16.0. The fourth-order valence-electron chi connectivity index (χ4n) is 4.91. The highest BCUT2D eigenvalue weighted by Crippen LogP contribution is 2.59. The van der Waals surface area contributed by atoms with Crippen molar-refractivity contribution in [1.82, 2.24) is 4.98 Å². The molecule has 0 amide bonds. The van der Waals surface area contributed by atoms with Crippen LogP contribution in [0.2, 0.25) is 0 Å². The summed E-state index contributed by atoms with van der Waals surface area (Å²) in [6.07, 6.45) is 7.09. The lowest BCUT2D eigenvalue weighted by molar-refractivity contribution is -0.0501. The predicted octanol–water partition coefficient (Wildman–Crippen LogP) is 5.56. The minimum absolute atomic E-state index is 0.460. The molecule has 0 aliphatic heterocycles. The summed E-state index contributed by atoms with van der Waals surface area (Å²) in [4.78, 5) is 4.74. The number of thiazole rings is 1. The molecule has 0 bridgehead atoms. The number of nitrogens with zero attached hydrogens (tertiary/aromatic N) is 2. The Bertz CT molecular complexity index is 579. The van der Waals surface area contributed by atoms with Crippen LogP contribution < -0.4 is 0 Å². The van der Waals surface area contributed by atoms with E-state index in [0.717, 1.165) is 16.8 Å². The third kappa shape index (κ3) is 2.83. The number of fused-ring (bicyclic) bond motifs is 1. The van der Waals surface area contributed by atoms with Crippen molar-refractivity contribution in [3.63, 3.8) is 0 Å². The minimum atomic E-state index is 0.460. The molecule has 2 nitrogen and oxygen atoms in total. The van der Waals surface area contributed by atoms with Gasteiger partial charge in [0.25, 0.3) is 0 Å². The SMILES string of the molecule is CC1(C)CCC(C)(C)C2CC(c3csc(CC#N)n3)CCC21. The molecule has 2 aliphatic rings. The first-order valence-electron chi connectivity index (χ1n) is 8.65. The van der Waals surface area contributed by atoms with Gasteiger partial charge in [0.05, 0.1) is 18.2 Å². The van der Waals surface area contributed by atoms with Crippen LogP contribution in [-0.2, 0) is 6.42 Å². The van der Waals surface area contributed by atoms with E-state index >= 15 is 0 Å². The van der Waals surface area contributed by atoms with Gasteiger partial charge in [0, 0.05) is 11.3 Å². The van der Waals surface area contributed by atoms with Crippen LogP contribution in [0.5, 0.6) is 0 Å². The lowest BCUT2D eigenvalue weighted by Crippen LogP contribution is -2.46. The van der Waals surface area contributed by atoms with E-state index in [4.69, 9.17) is 10.2 Å². The van der Waals surface area contributed by atoms with E-state index in [1.54, 1.807) is 11.3 Å². The van der Waals surface area contributed by atoms with Gasteiger partial charge in [0.1, 0.15) is 5.01 Å². The van der Waals surface area contributed by atoms with Gasteiger partial charge in [-0.15, -0.1) is 11.3 Å². The Morgan fingerprint density at radius 2 is 1.86 bits per heavy atom. The van der Waals surface area contributed by atoms with E-state index in [2.05, 4.69) is 39.1 Å². The van der Waals surface area contributed by atoms with E-state index in [1.807, 2.05) is 0 Å². The third-order valence-corrected chi connectivity index (χ3v) is 7.36. The summed E-state index contributed by atoms with van der Waals surface area (Å²) in [7, 11) is 0. The van der Waals surface area contributed by atoms with Gasteiger partial charge in [0.15, 0.2) is 0 Å². The molecule has 2 aliphatic carbocycles. The Kier molecular flexibility index (Phi) is 4.10. The number of hydrogen-bond acceptors (Lipinski definition) is 3. The summed E-state index contributed by atoms with van der Waals surface area (Å²) in [5.74, 6) is 2.29. The molecular formula is C19H28N2S. The van der Waals surface area contributed by atoms with Gasteiger partial charge < -0.3 is 0 Å². The van der Waals surface area contributed by atoms with Gasteiger partial charge in [-0.05, 0) is 54.8 Å². The smallest absolute Gasteiger partial charge is 0.107 e. The summed E-state index contributed by atoms with van der Waals surface area (Å²) in [5.41, 5.74) is 2.22. The molecule has 0 N–H and O–H groups in total. The van der Waals surface area contributed by atoms with Crippen LogP contribution in [0.4, 0.5) is 0 Å². The van der Waals surface area contributed by atoms with Crippen molar-refractivity contribution >= 4 is 11.3 Å². The maximum atomic E-state index is 8.84. The lowest BCUT2D eigenvalue weighted by Gasteiger charge is -2.55. The minimum Gasteiger partial charge on any atom is -0.245 e. The Balaban J connectivity index is 1.80. The molecule has 2 saturated carbocycles. The van der Waals surface area contributed by atoms with E-state index < -0.39 is 0 Å². The molecule has 0 spiro atoms. The van der Waals surface area contributed by atoms with Gasteiger partial charge in [0.2, 0.25) is 0 Å². The molecule has 0 saturated heterocycles. The van der Waals surface area contributed by atoms with Gasteiger partial charge in [-0.1, -0.05) is 27.7 Å². The fourth-order valence-corrected chi connectivity index (χ4v) is 5.72. The molecule has 3 unspecified atom stereocenters. The second kappa shape index (κ2) is 5.64. The first-order valence-corrected chi connectivity index (χ1v) is 9.53. The first-order chi connectivity index (χ1) is 10.3. The maximum Gasteiger partial charge on any atom is 0.107 e. The largest absolute Gasteiger partial charge is 0.245 e. The van der Waals surface area contributed by atoms with Crippen molar-refractivity contribution in [2.45, 2.75) is 72.1 Å². The fraction of sp³-hybridized carbons (Fsp3) is 0.789. The van der Waals surface area contributed by atoms with Gasteiger partial charge >= 0.3 is 0 Å². The molecule has 120 valence electrons. The molecule has 2 fully saturated rings. The normalized spacial score (nSPS) is 33.0. The molecule has 0 radical (unpaired) electrons. The molecule has 3 heteroatoms. The van der Waals surface area contributed by atoms with Crippen molar-refractivity contribution in [3.8, 4) is 6.07 Å². The Morgan fingerprint density at radius 1 is 1.18 bits per heavy atom. The maximum absolute atomic E-state index is 8.84. The second-order valence-electron chi connectivity index (χ2n) is 8.70. The van der Waals surface area contributed by atoms with Crippen molar-refractivity contribution in [3.05, 3.63) is 16.1 Å². The van der Waals surface area contributed by atoms with Crippen molar-refractivity contribution in [1.29, 1.82) is 5.26 Å². The number of nitriles is 1. The number of rotatable bonds is 2. The summed E-state index contributed by atoms with van der Waals surface area (Å²) >= 11 is 1.66. The molecular weight excluding hydrogens is 288 g/mol. The molecule has 1 aromatic heterocycles. The average Bonchev–Trinajstić information content (AvgIpc) is 2.93. The Hall–Kier alpha value is -0.880. The Morgan fingerprint density at radius 3 is 2.55 bits per heavy atom. The van der Waals surface area contributed by atoms with Crippen LogP contribution in [0, 0.1) is 34.0 Å². The second-order valence-corrected chi connectivity index (χ2v) is 9.64. The van der Waals surface area contributed by atoms with E-state index in [-0.39, 0.29) is 0 Å². The van der Waals surface area contributed by atoms with Crippen molar-refractivity contribution in [2.24, 2.45) is 22.7 Å². The number of hydrogen-bond donors (Lipinski definition) is 0. The van der Waals surface area contributed by atoms with E-state index in [1.165, 1.54) is 37.8 Å². The predicted molar refractivity (Wildman–Crippen MR) is 91.8 cm³/mol. The summed E-state index contributed by atoms with van der Waals surface area (Å²) < 4.78 is 0. The van der Waals surface area contributed by atoms with Crippen molar-refractivity contribution < 1.29 is 0 Å². The zero-order chi connectivity index (χ0) is 16.0. The van der Waals surface area contributed by atoms with Gasteiger partial charge in [-0.2, -0.15) is 5.26 Å². The highest BCUT2D eigenvalue weighted by molar-refractivity contribution is 7.09. The average molecular weight is 317 g/mol. The van der Waals surface area contributed by atoms with Crippen molar-refractivity contribution in [2.75, 3.05) is 0 Å². The lowest BCUT2D eigenvalue weighted by atomic mass is 9.49. The van der Waals surface area contributed by atoms with Gasteiger partial charge in [-0.25, -0.2) is 4.98 Å². The van der Waals surface area contributed by atoms with Crippen LogP contribution in [0.1, 0.15) is 76.4 Å². The monoisotopic (exact) mass is 316 g/mol. The highest BCUT2D eigenvalue weighted by Gasteiger charge is 2.50. The molecule has 1 aromatic rings. The molecule has 3 rings (SSSR count). The topological polar surface area (TPSA) is 36.7 Å². The van der Waals surface area contributed by atoms with Gasteiger partial charge in [-0.3, -0.25) is 0 Å². The molecule has 1 heterocycles.